The molecular weight excluding hydrogens is 165 g/mol. The fourth-order valence-corrected chi connectivity index (χ4v) is 0.694. The number of aliphatic imine (C=N–C) groups is 1. The summed E-state index contributed by atoms with van der Waals surface area (Å²) in [5, 5.41) is 0. The zero-order valence-corrected chi connectivity index (χ0v) is 6.28. The minimum atomic E-state index is -1.74. The summed E-state index contributed by atoms with van der Waals surface area (Å²) in [6.07, 6.45) is 0.345. The lowest BCUT2D eigenvalue weighted by Crippen LogP contribution is -2.23. The van der Waals surface area contributed by atoms with Crippen LogP contribution in [0.25, 0.3) is 0 Å². The first-order valence-electron chi connectivity index (χ1n) is 3.18. The van der Waals surface area contributed by atoms with E-state index >= 15 is 0 Å². The number of methoxy groups -OCH3 is 1. The number of carbonyl (C=O) groups is 2. The summed E-state index contributed by atoms with van der Waals surface area (Å²) < 4.78 is 16.7. The van der Waals surface area contributed by atoms with Crippen molar-refractivity contribution in [2.75, 3.05) is 7.11 Å². The van der Waals surface area contributed by atoms with Crippen LogP contribution in [0.5, 0.6) is 0 Å². The van der Waals surface area contributed by atoms with Crippen molar-refractivity contribution in [1.29, 1.82) is 0 Å². The van der Waals surface area contributed by atoms with Crippen LogP contribution >= 0.6 is 0 Å². The molecule has 64 valence electrons. The number of rotatable bonds is 1. The fourth-order valence-electron chi connectivity index (χ4n) is 0.694. The van der Waals surface area contributed by atoms with E-state index < -0.39 is 18.0 Å². The topological polar surface area (TPSA) is 55.7 Å². The molecule has 0 saturated carbocycles. The number of amides is 1. The third kappa shape index (κ3) is 1.55. The van der Waals surface area contributed by atoms with E-state index in [0.717, 1.165) is 19.3 Å². The number of nitrogens with zero attached hydrogens (tertiary/aromatic N) is 1. The lowest BCUT2D eigenvalue weighted by atomic mass is 10.2. The Labute approximate surface area is 67.7 Å². The monoisotopic (exact) mass is 171 g/mol. The molecule has 1 atom stereocenters. The standard InChI is InChI=1S/C7H6FNO3/c1-12-7(11)5-3-2-4(8)6(10)9-5/h2-4H,1H3. The summed E-state index contributed by atoms with van der Waals surface area (Å²) >= 11 is 0. The van der Waals surface area contributed by atoms with Gasteiger partial charge in [-0.25, -0.2) is 14.2 Å². The van der Waals surface area contributed by atoms with Crippen LogP contribution in [0, 0.1) is 0 Å². The Morgan fingerprint density at radius 3 is 2.92 bits per heavy atom. The van der Waals surface area contributed by atoms with Crippen molar-refractivity contribution in [3.05, 3.63) is 12.2 Å². The zero-order valence-electron chi connectivity index (χ0n) is 6.28. The average molecular weight is 171 g/mol. The number of dihydropyridines is 1. The molecule has 0 spiro atoms. The van der Waals surface area contributed by atoms with Crippen LogP contribution in [0.1, 0.15) is 0 Å². The summed E-state index contributed by atoms with van der Waals surface area (Å²) in [5.41, 5.74) is -0.170. The van der Waals surface area contributed by atoms with Gasteiger partial charge < -0.3 is 4.74 Å². The highest BCUT2D eigenvalue weighted by molar-refractivity contribution is 6.43. The zero-order chi connectivity index (χ0) is 9.14. The quantitative estimate of drug-likeness (QED) is 0.523. The third-order valence-corrected chi connectivity index (χ3v) is 1.28. The Hall–Kier alpha value is -1.52. The van der Waals surface area contributed by atoms with Gasteiger partial charge in [0.25, 0.3) is 5.91 Å². The van der Waals surface area contributed by atoms with Crippen molar-refractivity contribution in [3.8, 4) is 0 Å². The highest BCUT2D eigenvalue weighted by Crippen LogP contribution is 2.04. The number of ether oxygens (including phenoxy) is 1. The molecule has 5 heteroatoms. The molecule has 0 radical (unpaired) electrons. The van der Waals surface area contributed by atoms with E-state index in [1.165, 1.54) is 0 Å². The number of esters is 1. The molecule has 1 unspecified atom stereocenters. The van der Waals surface area contributed by atoms with Gasteiger partial charge in [0.2, 0.25) is 0 Å². The van der Waals surface area contributed by atoms with E-state index in [4.69, 9.17) is 0 Å². The van der Waals surface area contributed by atoms with Gasteiger partial charge in [-0.2, -0.15) is 0 Å². The van der Waals surface area contributed by atoms with E-state index in [9.17, 15) is 14.0 Å². The molecule has 0 bridgehead atoms. The van der Waals surface area contributed by atoms with Gasteiger partial charge >= 0.3 is 5.97 Å². The lowest BCUT2D eigenvalue weighted by molar-refractivity contribution is -0.133. The smallest absolute Gasteiger partial charge is 0.356 e. The molecule has 1 rings (SSSR count). The van der Waals surface area contributed by atoms with Crippen molar-refractivity contribution in [2.24, 2.45) is 4.99 Å². The molecule has 0 N–H and O–H groups in total. The molecule has 1 aliphatic rings. The van der Waals surface area contributed by atoms with Crippen LogP contribution in [-0.4, -0.2) is 30.9 Å². The van der Waals surface area contributed by atoms with Gasteiger partial charge in [-0.05, 0) is 12.2 Å². The summed E-state index contributed by atoms with van der Waals surface area (Å²) in [6, 6.07) is 0. The lowest BCUT2D eigenvalue weighted by Gasteiger charge is -2.04. The molecule has 1 aliphatic heterocycles. The van der Waals surface area contributed by atoms with Crippen LogP contribution in [0.2, 0.25) is 0 Å². The second-order valence-corrected chi connectivity index (χ2v) is 2.09. The van der Waals surface area contributed by atoms with Gasteiger partial charge in [-0.3, -0.25) is 4.79 Å². The van der Waals surface area contributed by atoms with Crippen molar-refractivity contribution in [3.63, 3.8) is 0 Å². The van der Waals surface area contributed by atoms with Gasteiger partial charge in [0, 0.05) is 0 Å². The molecule has 12 heavy (non-hydrogen) atoms. The largest absolute Gasteiger partial charge is 0.464 e. The van der Waals surface area contributed by atoms with Crippen molar-refractivity contribution < 1.29 is 18.7 Å². The van der Waals surface area contributed by atoms with E-state index in [0.29, 0.717) is 0 Å². The molecule has 0 aliphatic carbocycles. The summed E-state index contributed by atoms with van der Waals surface area (Å²) in [4.78, 5) is 24.5. The summed E-state index contributed by atoms with van der Waals surface area (Å²) in [5.74, 6) is -1.72. The molecule has 4 nitrogen and oxygen atoms in total. The van der Waals surface area contributed by atoms with E-state index in [2.05, 4.69) is 9.73 Å². The molecule has 0 saturated heterocycles. The predicted octanol–water partition coefficient (Wildman–Crippen LogP) is 0.0349. The minimum absolute atomic E-state index is 0.170. The number of halogens is 1. The van der Waals surface area contributed by atoms with Gasteiger partial charge in [0.1, 0.15) is 0 Å². The van der Waals surface area contributed by atoms with Crippen LogP contribution in [0.3, 0.4) is 0 Å². The second kappa shape index (κ2) is 3.25. The maximum atomic E-state index is 12.4. The predicted molar refractivity (Wildman–Crippen MR) is 38.5 cm³/mol. The highest BCUT2D eigenvalue weighted by Gasteiger charge is 2.21. The van der Waals surface area contributed by atoms with Gasteiger partial charge in [0.05, 0.1) is 7.11 Å². The van der Waals surface area contributed by atoms with Crippen LogP contribution < -0.4 is 0 Å². The van der Waals surface area contributed by atoms with E-state index in [1.54, 1.807) is 0 Å². The van der Waals surface area contributed by atoms with Crippen molar-refractivity contribution in [1.82, 2.24) is 0 Å². The summed E-state index contributed by atoms with van der Waals surface area (Å²) in [7, 11) is 1.16. The molecule has 0 aromatic carbocycles. The van der Waals surface area contributed by atoms with Gasteiger partial charge in [-0.15, -0.1) is 0 Å². The summed E-state index contributed by atoms with van der Waals surface area (Å²) in [6.45, 7) is 0. The first kappa shape index (κ1) is 8.58. The Morgan fingerprint density at radius 1 is 1.75 bits per heavy atom. The molecule has 1 heterocycles. The molecule has 0 aromatic rings. The number of alkyl halides is 1. The molecule has 0 aromatic heterocycles. The first-order chi connectivity index (χ1) is 5.65. The third-order valence-electron chi connectivity index (χ3n) is 1.28. The van der Waals surface area contributed by atoms with Crippen molar-refractivity contribution >= 4 is 17.6 Å². The molecular formula is C7H6FNO3. The van der Waals surface area contributed by atoms with E-state index in [1.807, 2.05) is 0 Å². The highest BCUT2D eigenvalue weighted by atomic mass is 19.1. The molecule has 1 amide bonds. The molecule has 0 fully saturated rings. The first-order valence-corrected chi connectivity index (χ1v) is 3.18. The van der Waals surface area contributed by atoms with Crippen LogP contribution in [-0.2, 0) is 14.3 Å². The van der Waals surface area contributed by atoms with Gasteiger partial charge in [0.15, 0.2) is 11.9 Å². The number of carbonyl (C=O) groups excluding carboxylic acids is 2. The second-order valence-electron chi connectivity index (χ2n) is 2.09. The van der Waals surface area contributed by atoms with Gasteiger partial charge in [-0.1, -0.05) is 0 Å². The number of hydrogen-bond acceptors (Lipinski definition) is 3. The number of hydrogen-bond donors (Lipinski definition) is 0. The average Bonchev–Trinajstić information content (AvgIpc) is 2.08. The Bertz CT molecular complexity index is 280. The maximum Gasteiger partial charge on any atom is 0.356 e. The Balaban J connectivity index is 2.83. The Kier molecular flexibility index (Phi) is 2.32. The normalized spacial score (nSPS) is 22.0. The van der Waals surface area contributed by atoms with Crippen LogP contribution in [0.4, 0.5) is 4.39 Å². The SMILES string of the molecule is COC(=O)C1=NC(=O)C(F)C=C1. The fraction of sp³-hybridized carbons (Fsp3) is 0.286. The maximum absolute atomic E-state index is 12.4. The minimum Gasteiger partial charge on any atom is -0.464 e. The van der Waals surface area contributed by atoms with Crippen molar-refractivity contribution in [2.45, 2.75) is 6.17 Å². The Morgan fingerprint density at radius 2 is 2.42 bits per heavy atom. The van der Waals surface area contributed by atoms with Crippen LogP contribution in [0.15, 0.2) is 17.1 Å². The van der Waals surface area contributed by atoms with E-state index in [-0.39, 0.29) is 5.71 Å².